The predicted octanol–water partition coefficient (Wildman–Crippen LogP) is 1.23. The van der Waals surface area contributed by atoms with Crippen LogP contribution in [-0.2, 0) is 0 Å². The van der Waals surface area contributed by atoms with Crippen LogP contribution in [0.3, 0.4) is 0 Å². The Bertz CT molecular complexity index is 354. The maximum Gasteiger partial charge on any atom is 0.102 e. The zero-order valence-corrected chi connectivity index (χ0v) is 7.88. The van der Waals surface area contributed by atoms with Crippen molar-refractivity contribution >= 4 is 6.08 Å². The third-order valence-corrected chi connectivity index (χ3v) is 1.37. The van der Waals surface area contributed by atoms with Gasteiger partial charge in [0.2, 0.25) is 0 Å². The summed E-state index contributed by atoms with van der Waals surface area (Å²) in [4.78, 5) is 6.75. The van der Waals surface area contributed by atoms with Crippen molar-refractivity contribution in [2.75, 3.05) is 0 Å². The van der Waals surface area contributed by atoms with Crippen molar-refractivity contribution in [3.8, 4) is 0 Å². The summed E-state index contributed by atoms with van der Waals surface area (Å²) in [5, 5.41) is 10.5. The van der Waals surface area contributed by atoms with E-state index in [9.17, 15) is 0 Å². The van der Waals surface area contributed by atoms with E-state index >= 15 is 0 Å². The first-order valence-corrected chi connectivity index (χ1v) is 4.05. The number of aromatic nitrogens is 5. The lowest BCUT2D eigenvalue weighted by molar-refractivity contribution is 0.858. The molecule has 0 aliphatic carbocycles. The minimum atomic E-state index is 0.750. The van der Waals surface area contributed by atoms with Gasteiger partial charge in [0.05, 0.1) is 11.9 Å². The van der Waals surface area contributed by atoms with Gasteiger partial charge in [-0.25, -0.2) is 4.98 Å². The molecule has 0 aromatic carbocycles. The summed E-state index contributed by atoms with van der Waals surface area (Å²) in [6.45, 7) is 5.42. The number of nitrogens with zero attached hydrogens (tertiary/aromatic N) is 4. The third-order valence-electron chi connectivity index (χ3n) is 1.37. The van der Waals surface area contributed by atoms with E-state index in [1.165, 1.54) is 0 Å². The van der Waals surface area contributed by atoms with Gasteiger partial charge in [-0.05, 0) is 24.3 Å². The molecule has 0 aliphatic rings. The first kappa shape index (κ1) is 10.0. The fraction of sp³-hybridized carbons (Fsp3) is 0.111. The highest BCUT2D eigenvalue weighted by molar-refractivity contribution is 5.38. The summed E-state index contributed by atoms with van der Waals surface area (Å²) < 4.78 is 0. The molecule has 0 spiro atoms. The van der Waals surface area contributed by atoms with E-state index in [0.717, 1.165) is 11.5 Å². The summed E-state index contributed by atoms with van der Waals surface area (Å²) in [5.41, 5.74) is 0.750. The second-order valence-corrected chi connectivity index (χ2v) is 2.42. The second-order valence-electron chi connectivity index (χ2n) is 2.42. The van der Waals surface area contributed by atoms with Gasteiger partial charge in [0.25, 0.3) is 0 Å². The van der Waals surface area contributed by atoms with Crippen molar-refractivity contribution in [3.05, 3.63) is 42.8 Å². The minimum absolute atomic E-state index is 0.750. The average Bonchev–Trinajstić information content (AvgIpc) is 2.71. The Morgan fingerprint density at radius 1 is 1.43 bits per heavy atom. The molecule has 0 saturated carbocycles. The standard InChI is InChI=1S/C5H5N3.C4H6N2/c1-2-5-3-4-6-8-7-5;1-4-5-2-3-6-4/h2-4H,1H2;2-3H,1H3,(H,5,6). The molecule has 2 heterocycles. The monoisotopic (exact) mass is 189 g/mol. The summed E-state index contributed by atoms with van der Waals surface area (Å²) in [5.74, 6) is 0.968. The Balaban J connectivity index is 0.000000146. The van der Waals surface area contributed by atoms with Crippen LogP contribution in [0.15, 0.2) is 31.2 Å². The van der Waals surface area contributed by atoms with E-state index in [1.54, 1.807) is 30.7 Å². The summed E-state index contributed by atoms with van der Waals surface area (Å²) in [6, 6.07) is 1.74. The lowest BCUT2D eigenvalue weighted by Crippen LogP contribution is -1.85. The fourth-order valence-electron chi connectivity index (χ4n) is 0.703. The molecule has 1 N–H and O–H groups in total. The van der Waals surface area contributed by atoms with Gasteiger partial charge in [0.15, 0.2) is 0 Å². The largest absolute Gasteiger partial charge is 0.349 e. The molecule has 2 rings (SSSR count). The van der Waals surface area contributed by atoms with Crippen molar-refractivity contribution in [2.24, 2.45) is 0 Å². The molecular formula is C9H11N5. The number of imidazole rings is 1. The van der Waals surface area contributed by atoms with Gasteiger partial charge in [-0.1, -0.05) is 6.58 Å². The molecule has 0 saturated heterocycles. The summed E-state index contributed by atoms with van der Waals surface area (Å²) in [7, 11) is 0. The van der Waals surface area contributed by atoms with E-state index in [0.29, 0.717) is 0 Å². The number of nitrogens with one attached hydrogen (secondary N) is 1. The molecular weight excluding hydrogens is 178 g/mol. The van der Waals surface area contributed by atoms with E-state index in [-0.39, 0.29) is 0 Å². The molecule has 72 valence electrons. The Morgan fingerprint density at radius 2 is 2.29 bits per heavy atom. The Hall–Kier alpha value is -2.04. The quantitative estimate of drug-likeness (QED) is 0.732. The molecule has 0 radical (unpaired) electrons. The fourth-order valence-corrected chi connectivity index (χ4v) is 0.703. The van der Waals surface area contributed by atoms with Crippen molar-refractivity contribution < 1.29 is 0 Å². The molecule has 0 bridgehead atoms. The van der Waals surface area contributed by atoms with Gasteiger partial charge in [-0.2, -0.15) is 0 Å². The van der Waals surface area contributed by atoms with Gasteiger partial charge in [-0.3, -0.25) is 0 Å². The highest BCUT2D eigenvalue weighted by atomic mass is 15.3. The maximum absolute atomic E-state index is 3.86. The first-order valence-electron chi connectivity index (χ1n) is 4.05. The van der Waals surface area contributed by atoms with Crippen LogP contribution in [0.25, 0.3) is 6.08 Å². The molecule has 0 aliphatic heterocycles. The Kier molecular flexibility index (Phi) is 4.00. The van der Waals surface area contributed by atoms with Crippen LogP contribution in [0.5, 0.6) is 0 Å². The van der Waals surface area contributed by atoms with Crippen molar-refractivity contribution in [3.63, 3.8) is 0 Å². The van der Waals surface area contributed by atoms with Crippen molar-refractivity contribution in [1.29, 1.82) is 0 Å². The minimum Gasteiger partial charge on any atom is -0.349 e. The molecule has 0 fully saturated rings. The van der Waals surface area contributed by atoms with Crippen molar-refractivity contribution in [1.82, 2.24) is 25.4 Å². The number of hydrogen-bond acceptors (Lipinski definition) is 4. The molecule has 5 heteroatoms. The number of rotatable bonds is 1. The van der Waals surface area contributed by atoms with Crippen LogP contribution in [-0.4, -0.2) is 25.4 Å². The Morgan fingerprint density at radius 3 is 2.57 bits per heavy atom. The zero-order valence-electron chi connectivity index (χ0n) is 7.88. The number of hydrogen-bond donors (Lipinski definition) is 1. The highest BCUT2D eigenvalue weighted by Crippen LogP contribution is 1.87. The summed E-state index contributed by atoms with van der Waals surface area (Å²) in [6.07, 6.45) is 6.73. The molecule has 0 atom stereocenters. The average molecular weight is 189 g/mol. The lowest BCUT2D eigenvalue weighted by atomic mass is 10.4. The second kappa shape index (κ2) is 5.58. The topological polar surface area (TPSA) is 67.3 Å². The van der Waals surface area contributed by atoms with Gasteiger partial charge in [-0.15, -0.1) is 10.2 Å². The first-order chi connectivity index (χ1) is 6.83. The van der Waals surface area contributed by atoms with E-state index < -0.39 is 0 Å². The van der Waals surface area contributed by atoms with Gasteiger partial charge < -0.3 is 4.98 Å². The normalized spacial score (nSPS) is 8.64. The van der Waals surface area contributed by atoms with Crippen LogP contribution in [0, 0.1) is 6.92 Å². The van der Waals surface area contributed by atoms with Crippen molar-refractivity contribution in [2.45, 2.75) is 6.92 Å². The van der Waals surface area contributed by atoms with E-state index in [2.05, 4.69) is 32.0 Å². The molecule has 0 unspecified atom stereocenters. The molecule has 2 aromatic heterocycles. The molecule has 5 nitrogen and oxygen atoms in total. The number of H-pyrrole nitrogens is 1. The van der Waals surface area contributed by atoms with Gasteiger partial charge in [0, 0.05) is 12.4 Å². The SMILES string of the molecule is C=Cc1ccnnn1.Cc1ncc[nH]1. The third kappa shape index (κ3) is 3.57. The lowest BCUT2D eigenvalue weighted by Gasteiger charge is -1.81. The maximum atomic E-state index is 3.86. The summed E-state index contributed by atoms with van der Waals surface area (Å²) >= 11 is 0. The Labute approximate surface area is 81.9 Å². The van der Waals surface area contributed by atoms with E-state index in [4.69, 9.17) is 0 Å². The number of aromatic amines is 1. The van der Waals surface area contributed by atoms with Crippen LogP contribution < -0.4 is 0 Å². The molecule has 0 amide bonds. The zero-order chi connectivity index (χ0) is 10.2. The predicted molar refractivity (Wildman–Crippen MR) is 53.2 cm³/mol. The molecule has 14 heavy (non-hydrogen) atoms. The van der Waals surface area contributed by atoms with Crippen LogP contribution in [0.2, 0.25) is 0 Å². The van der Waals surface area contributed by atoms with Gasteiger partial charge in [0.1, 0.15) is 5.82 Å². The van der Waals surface area contributed by atoms with Crippen LogP contribution in [0.1, 0.15) is 11.5 Å². The highest BCUT2D eigenvalue weighted by Gasteiger charge is 1.80. The van der Waals surface area contributed by atoms with Crippen LogP contribution >= 0.6 is 0 Å². The van der Waals surface area contributed by atoms with Crippen LogP contribution in [0.4, 0.5) is 0 Å². The van der Waals surface area contributed by atoms with E-state index in [1.807, 2.05) is 6.92 Å². The molecule has 2 aromatic rings. The van der Waals surface area contributed by atoms with Gasteiger partial charge >= 0.3 is 0 Å². The number of aryl methyl sites for hydroxylation is 1. The smallest absolute Gasteiger partial charge is 0.102 e.